The Morgan fingerprint density at radius 2 is 1.72 bits per heavy atom. The Morgan fingerprint density at radius 3 is 2.32 bits per heavy atom. The first-order valence-electron chi connectivity index (χ1n) is 7.83. The molecule has 1 N–H and O–H groups in total. The number of methoxy groups -OCH3 is 2. The summed E-state index contributed by atoms with van der Waals surface area (Å²) >= 11 is 0. The highest BCUT2D eigenvalue weighted by Crippen LogP contribution is 2.29. The van der Waals surface area contributed by atoms with Crippen LogP contribution in [-0.2, 0) is 10.0 Å². The summed E-state index contributed by atoms with van der Waals surface area (Å²) in [4.78, 5) is 0. The minimum Gasteiger partial charge on any atom is -0.497 e. The van der Waals surface area contributed by atoms with Gasteiger partial charge < -0.3 is 9.47 Å². The standard InChI is InChI=1S/C19H23NO4S/c1-14-5-7-16(8-6-14)11-12-25(21,22)20-15(2)18-13-17(23-3)9-10-19(18)24-4/h5-13,15,20H,1-4H3/b12-11+. The molecule has 0 bridgehead atoms. The minimum absolute atomic E-state index is 0.474. The highest BCUT2D eigenvalue weighted by Gasteiger charge is 2.17. The number of ether oxygens (including phenoxy) is 2. The van der Waals surface area contributed by atoms with Gasteiger partial charge in [0.1, 0.15) is 11.5 Å². The number of benzene rings is 2. The van der Waals surface area contributed by atoms with Crippen LogP contribution in [0.15, 0.2) is 47.9 Å². The highest BCUT2D eigenvalue weighted by molar-refractivity contribution is 7.92. The SMILES string of the molecule is COc1ccc(OC)c(C(C)NS(=O)(=O)/C=C/c2ccc(C)cc2)c1. The molecule has 6 heteroatoms. The van der Waals surface area contributed by atoms with Gasteiger partial charge in [-0.1, -0.05) is 29.8 Å². The van der Waals surface area contributed by atoms with E-state index in [1.807, 2.05) is 31.2 Å². The van der Waals surface area contributed by atoms with Crippen molar-refractivity contribution in [3.05, 3.63) is 64.6 Å². The highest BCUT2D eigenvalue weighted by atomic mass is 32.2. The maximum Gasteiger partial charge on any atom is 0.234 e. The van der Waals surface area contributed by atoms with Gasteiger partial charge in [0.2, 0.25) is 10.0 Å². The first-order valence-corrected chi connectivity index (χ1v) is 9.38. The van der Waals surface area contributed by atoms with Crippen LogP contribution in [-0.4, -0.2) is 22.6 Å². The predicted molar refractivity (Wildman–Crippen MR) is 100 cm³/mol. The van der Waals surface area contributed by atoms with E-state index in [0.29, 0.717) is 17.1 Å². The number of hydrogen-bond donors (Lipinski definition) is 1. The molecule has 0 saturated carbocycles. The zero-order chi connectivity index (χ0) is 18.4. The number of sulfonamides is 1. The summed E-state index contributed by atoms with van der Waals surface area (Å²) in [5, 5.41) is 1.17. The molecule has 0 heterocycles. The van der Waals surface area contributed by atoms with Crippen LogP contribution in [0.1, 0.15) is 29.7 Å². The maximum absolute atomic E-state index is 12.3. The van der Waals surface area contributed by atoms with Gasteiger partial charge in [0.15, 0.2) is 0 Å². The van der Waals surface area contributed by atoms with Crippen LogP contribution in [0.25, 0.3) is 6.08 Å². The Balaban J connectivity index is 2.18. The Kier molecular flexibility index (Phi) is 6.22. The first-order chi connectivity index (χ1) is 11.8. The topological polar surface area (TPSA) is 64.6 Å². The van der Waals surface area contributed by atoms with Crippen molar-refractivity contribution in [2.24, 2.45) is 0 Å². The molecule has 0 fully saturated rings. The maximum atomic E-state index is 12.3. The molecule has 0 radical (unpaired) electrons. The fourth-order valence-corrected chi connectivity index (χ4v) is 3.41. The first kappa shape index (κ1) is 19.0. The van der Waals surface area contributed by atoms with E-state index in [1.165, 1.54) is 5.41 Å². The lowest BCUT2D eigenvalue weighted by atomic mass is 10.1. The van der Waals surface area contributed by atoms with Crippen LogP contribution in [0.5, 0.6) is 11.5 Å². The second kappa shape index (κ2) is 8.18. The zero-order valence-electron chi connectivity index (χ0n) is 14.8. The normalized spacial score (nSPS) is 13.0. The van der Waals surface area contributed by atoms with Crippen LogP contribution in [0.3, 0.4) is 0 Å². The lowest BCUT2D eigenvalue weighted by Gasteiger charge is -2.17. The fraction of sp³-hybridized carbons (Fsp3) is 0.263. The molecule has 25 heavy (non-hydrogen) atoms. The third kappa shape index (κ3) is 5.34. The van der Waals surface area contributed by atoms with E-state index in [9.17, 15) is 8.42 Å². The van der Waals surface area contributed by atoms with Gasteiger partial charge in [-0.3, -0.25) is 0 Å². The Labute approximate surface area is 149 Å². The lowest BCUT2D eigenvalue weighted by Crippen LogP contribution is -2.25. The van der Waals surface area contributed by atoms with Gasteiger partial charge in [0, 0.05) is 17.0 Å². The summed E-state index contributed by atoms with van der Waals surface area (Å²) in [6.45, 7) is 3.74. The molecule has 0 aromatic heterocycles. The quantitative estimate of drug-likeness (QED) is 0.817. The fourth-order valence-electron chi connectivity index (χ4n) is 2.37. The van der Waals surface area contributed by atoms with Crippen LogP contribution >= 0.6 is 0 Å². The summed E-state index contributed by atoms with van der Waals surface area (Å²) in [6.07, 6.45) is 1.57. The van der Waals surface area contributed by atoms with Crippen molar-refractivity contribution in [1.82, 2.24) is 4.72 Å². The molecule has 2 aromatic rings. The van der Waals surface area contributed by atoms with Crippen LogP contribution in [0, 0.1) is 6.92 Å². The van der Waals surface area contributed by atoms with Crippen molar-refractivity contribution in [3.8, 4) is 11.5 Å². The van der Waals surface area contributed by atoms with Crippen molar-refractivity contribution < 1.29 is 17.9 Å². The number of nitrogens with one attached hydrogen (secondary N) is 1. The zero-order valence-corrected chi connectivity index (χ0v) is 15.6. The van der Waals surface area contributed by atoms with Crippen molar-refractivity contribution in [2.75, 3.05) is 14.2 Å². The molecule has 2 aromatic carbocycles. The predicted octanol–water partition coefficient (Wildman–Crippen LogP) is 3.66. The van der Waals surface area contributed by atoms with Gasteiger partial charge in [-0.25, -0.2) is 13.1 Å². The summed E-state index contributed by atoms with van der Waals surface area (Å²) in [5.74, 6) is 1.23. The molecule has 1 unspecified atom stereocenters. The Bertz CT molecular complexity index is 842. The van der Waals surface area contributed by atoms with E-state index < -0.39 is 16.1 Å². The molecule has 0 spiro atoms. The van der Waals surface area contributed by atoms with Gasteiger partial charge in [0.05, 0.1) is 14.2 Å². The van der Waals surface area contributed by atoms with E-state index in [2.05, 4.69) is 4.72 Å². The van der Waals surface area contributed by atoms with E-state index in [0.717, 1.165) is 11.1 Å². The summed E-state index contributed by atoms with van der Waals surface area (Å²) in [7, 11) is -0.503. The monoisotopic (exact) mass is 361 g/mol. The average Bonchev–Trinajstić information content (AvgIpc) is 2.60. The summed E-state index contributed by atoms with van der Waals surface area (Å²) < 4.78 is 37.8. The smallest absolute Gasteiger partial charge is 0.234 e. The van der Waals surface area contributed by atoms with E-state index in [4.69, 9.17) is 9.47 Å². The molecule has 0 saturated heterocycles. The number of hydrogen-bond acceptors (Lipinski definition) is 4. The molecule has 0 aliphatic heterocycles. The largest absolute Gasteiger partial charge is 0.497 e. The molecule has 134 valence electrons. The number of rotatable bonds is 7. The Hall–Kier alpha value is -2.31. The second-order valence-corrected chi connectivity index (χ2v) is 7.30. The molecule has 1 atom stereocenters. The third-order valence-electron chi connectivity index (χ3n) is 3.76. The van der Waals surface area contributed by atoms with Crippen molar-refractivity contribution in [3.63, 3.8) is 0 Å². The van der Waals surface area contributed by atoms with E-state index >= 15 is 0 Å². The molecule has 5 nitrogen and oxygen atoms in total. The summed E-state index contributed by atoms with van der Waals surface area (Å²) in [6, 6.07) is 12.4. The van der Waals surface area contributed by atoms with Gasteiger partial charge in [0.25, 0.3) is 0 Å². The van der Waals surface area contributed by atoms with Gasteiger partial charge in [-0.15, -0.1) is 0 Å². The molecule has 0 aliphatic rings. The van der Waals surface area contributed by atoms with Gasteiger partial charge in [-0.2, -0.15) is 0 Å². The Morgan fingerprint density at radius 1 is 1.04 bits per heavy atom. The van der Waals surface area contributed by atoms with Crippen molar-refractivity contribution >= 4 is 16.1 Å². The van der Waals surface area contributed by atoms with E-state index in [-0.39, 0.29) is 0 Å². The minimum atomic E-state index is -3.61. The van der Waals surface area contributed by atoms with Crippen LogP contribution < -0.4 is 14.2 Å². The lowest BCUT2D eigenvalue weighted by molar-refractivity contribution is 0.395. The van der Waals surface area contributed by atoms with Crippen molar-refractivity contribution in [1.29, 1.82) is 0 Å². The third-order valence-corrected chi connectivity index (χ3v) is 4.94. The molecule has 0 amide bonds. The van der Waals surface area contributed by atoms with Gasteiger partial charge >= 0.3 is 0 Å². The second-order valence-electron chi connectivity index (χ2n) is 5.71. The molecule has 0 aliphatic carbocycles. The van der Waals surface area contributed by atoms with Crippen molar-refractivity contribution in [2.45, 2.75) is 19.9 Å². The average molecular weight is 361 g/mol. The number of aryl methyl sites for hydroxylation is 1. The molecular formula is C19H23NO4S. The van der Waals surface area contributed by atoms with Gasteiger partial charge in [-0.05, 0) is 43.7 Å². The molecular weight excluding hydrogens is 338 g/mol. The van der Waals surface area contributed by atoms with E-state index in [1.54, 1.807) is 45.4 Å². The van der Waals surface area contributed by atoms with Crippen LogP contribution in [0.2, 0.25) is 0 Å². The van der Waals surface area contributed by atoms with Crippen LogP contribution in [0.4, 0.5) is 0 Å². The molecule has 2 rings (SSSR count). The summed E-state index contributed by atoms with van der Waals surface area (Å²) in [5.41, 5.74) is 2.65.